The molecule has 5 heteroatoms. The Morgan fingerprint density at radius 3 is 2.33 bits per heavy atom. The van der Waals surface area contributed by atoms with Gasteiger partial charge >= 0.3 is 11.4 Å². The molecule has 1 aromatic carbocycles. The molecule has 0 aliphatic heterocycles. The first-order valence-electron chi connectivity index (χ1n) is 5.45. The zero-order valence-corrected chi connectivity index (χ0v) is 11.1. The molecule has 18 heavy (non-hydrogen) atoms. The minimum absolute atomic E-state index is 0.108. The van der Waals surface area contributed by atoms with Crippen LogP contribution in [0.15, 0.2) is 30.3 Å². The van der Waals surface area contributed by atoms with E-state index in [2.05, 4.69) is 4.74 Å². The average Bonchev–Trinajstić information content (AvgIpc) is 2.35. The van der Waals surface area contributed by atoms with Gasteiger partial charge in [0.05, 0.1) is 5.41 Å². The number of carbonyl (C=O) groups excluding carboxylic acids is 2. The Kier molecular flexibility index (Phi) is 5.16. The molecule has 0 aliphatic rings. The molecule has 0 saturated carbocycles. The van der Waals surface area contributed by atoms with E-state index in [9.17, 15) is 9.59 Å². The van der Waals surface area contributed by atoms with Crippen molar-refractivity contribution in [1.29, 1.82) is 0 Å². The highest BCUT2D eigenvalue weighted by Gasteiger charge is 2.31. The lowest BCUT2D eigenvalue weighted by atomic mass is 9.95. The Labute approximate surface area is 111 Å². The SMILES string of the molecule is CC(C)(COC(=O)Cl)C(=O)OCc1ccccc1. The molecule has 0 unspecified atom stereocenters. The van der Waals surface area contributed by atoms with Gasteiger partial charge in [-0.1, -0.05) is 30.3 Å². The summed E-state index contributed by atoms with van der Waals surface area (Å²) in [5.41, 5.74) is -0.950. The summed E-state index contributed by atoms with van der Waals surface area (Å²) >= 11 is 5.05. The summed E-state index contributed by atoms with van der Waals surface area (Å²) in [5, 5.41) is 0. The van der Waals surface area contributed by atoms with Gasteiger partial charge in [0.15, 0.2) is 0 Å². The summed E-state index contributed by atoms with van der Waals surface area (Å²) in [6.45, 7) is 3.33. The third kappa shape index (κ3) is 4.75. The highest BCUT2D eigenvalue weighted by atomic mass is 35.5. The molecule has 0 amide bonds. The zero-order chi connectivity index (χ0) is 13.6. The molecule has 0 aromatic heterocycles. The van der Waals surface area contributed by atoms with E-state index in [0.717, 1.165) is 5.56 Å². The topological polar surface area (TPSA) is 52.6 Å². The number of benzene rings is 1. The molecule has 1 rings (SSSR count). The fraction of sp³-hybridized carbons (Fsp3) is 0.385. The molecule has 0 atom stereocenters. The van der Waals surface area contributed by atoms with Crippen LogP contribution in [0.3, 0.4) is 0 Å². The molecule has 0 spiro atoms. The van der Waals surface area contributed by atoms with Gasteiger partial charge in [-0.3, -0.25) is 4.79 Å². The largest absolute Gasteiger partial charge is 0.460 e. The highest BCUT2D eigenvalue weighted by molar-refractivity contribution is 6.61. The minimum Gasteiger partial charge on any atom is -0.460 e. The molecule has 0 bridgehead atoms. The molecular weight excluding hydrogens is 256 g/mol. The van der Waals surface area contributed by atoms with Crippen molar-refractivity contribution in [3.63, 3.8) is 0 Å². The molecule has 1 aromatic rings. The molecule has 0 radical (unpaired) electrons. The normalized spacial score (nSPS) is 10.8. The van der Waals surface area contributed by atoms with Gasteiger partial charge in [0.25, 0.3) is 0 Å². The summed E-state index contributed by atoms with van der Waals surface area (Å²) in [6.07, 6.45) is 0. The van der Waals surface area contributed by atoms with Gasteiger partial charge < -0.3 is 9.47 Å². The first kappa shape index (κ1) is 14.5. The second-order valence-electron chi connectivity index (χ2n) is 4.47. The molecule has 0 saturated heterocycles. The second kappa shape index (κ2) is 6.40. The predicted octanol–water partition coefficient (Wildman–Crippen LogP) is 3.13. The van der Waals surface area contributed by atoms with E-state index in [1.807, 2.05) is 30.3 Å². The number of halogens is 1. The van der Waals surface area contributed by atoms with Crippen LogP contribution in [0.2, 0.25) is 0 Å². The standard InChI is InChI=1S/C13H15ClO4/c1-13(2,9-18-12(14)16)11(15)17-8-10-6-4-3-5-7-10/h3-7H,8-9H2,1-2H3. The molecule has 4 nitrogen and oxygen atoms in total. The quantitative estimate of drug-likeness (QED) is 0.609. The van der Waals surface area contributed by atoms with Crippen LogP contribution in [-0.2, 0) is 20.9 Å². The maximum atomic E-state index is 11.8. The zero-order valence-electron chi connectivity index (χ0n) is 10.3. The van der Waals surface area contributed by atoms with Crippen LogP contribution in [0.4, 0.5) is 4.79 Å². The molecule has 0 heterocycles. The summed E-state index contributed by atoms with van der Waals surface area (Å²) in [7, 11) is 0. The Balaban J connectivity index is 2.46. The Bertz CT molecular complexity index is 414. The van der Waals surface area contributed by atoms with Crippen molar-refractivity contribution in [1.82, 2.24) is 0 Å². The van der Waals surface area contributed by atoms with Gasteiger partial charge in [-0.25, -0.2) is 4.79 Å². The molecular formula is C13H15ClO4. The van der Waals surface area contributed by atoms with E-state index in [1.54, 1.807) is 13.8 Å². The summed E-state index contributed by atoms with van der Waals surface area (Å²) < 4.78 is 9.76. The third-order valence-electron chi connectivity index (χ3n) is 2.31. The summed E-state index contributed by atoms with van der Waals surface area (Å²) in [4.78, 5) is 22.3. The van der Waals surface area contributed by atoms with Crippen LogP contribution in [0, 0.1) is 5.41 Å². The fourth-order valence-electron chi connectivity index (χ4n) is 1.21. The Morgan fingerprint density at radius 1 is 1.17 bits per heavy atom. The lowest BCUT2D eigenvalue weighted by molar-refractivity contribution is -0.157. The van der Waals surface area contributed by atoms with E-state index in [-0.39, 0.29) is 13.2 Å². The minimum atomic E-state index is -0.932. The molecule has 0 N–H and O–H groups in total. The van der Waals surface area contributed by atoms with Crippen molar-refractivity contribution in [3.8, 4) is 0 Å². The van der Waals surface area contributed by atoms with Crippen LogP contribution < -0.4 is 0 Å². The molecule has 98 valence electrons. The van der Waals surface area contributed by atoms with E-state index in [1.165, 1.54) is 0 Å². The van der Waals surface area contributed by atoms with Crippen molar-refractivity contribution < 1.29 is 19.1 Å². The van der Waals surface area contributed by atoms with E-state index < -0.39 is 16.8 Å². The Morgan fingerprint density at radius 2 is 1.78 bits per heavy atom. The van der Waals surface area contributed by atoms with E-state index in [4.69, 9.17) is 16.3 Å². The predicted molar refractivity (Wildman–Crippen MR) is 67.2 cm³/mol. The van der Waals surface area contributed by atoms with Crippen LogP contribution in [-0.4, -0.2) is 18.0 Å². The van der Waals surface area contributed by atoms with Gasteiger partial charge in [-0.2, -0.15) is 0 Å². The van der Waals surface area contributed by atoms with Gasteiger partial charge in [0, 0.05) is 11.6 Å². The number of hydrogen-bond acceptors (Lipinski definition) is 4. The number of carbonyl (C=O) groups is 2. The van der Waals surface area contributed by atoms with Crippen LogP contribution in [0.1, 0.15) is 19.4 Å². The van der Waals surface area contributed by atoms with Gasteiger partial charge in [-0.05, 0) is 19.4 Å². The van der Waals surface area contributed by atoms with E-state index >= 15 is 0 Å². The summed E-state index contributed by atoms with van der Waals surface area (Å²) in [6, 6.07) is 9.33. The smallest absolute Gasteiger partial charge is 0.403 e. The van der Waals surface area contributed by atoms with Gasteiger partial charge in [0.1, 0.15) is 13.2 Å². The van der Waals surface area contributed by atoms with Crippen LogP contribution in [0.25, 0.3) is 0 Å². The second-order valence-corrected chi connectivity index (χ2v) is 4.78. The lowest BCUT2D eigenvalue weighted by Gasteiger charge is -2.21. The maximum Gasteiger partial charge on any atom is 0.403 e. The Hall–Kier alpha value is -1.55. The monoisotopic (exact) mass is 270 g/mol. The number of rotatable bonds is 5. The van der Waals surface area contributed by atoms with Crippen molar-refractivity contribution in [2.24, 2.45) is 5.41 Å². The third-order valence-corrected chi connectivity index (χ3v) is 2.42. The van der Waals surface area contributed by atoms with Crippen LogP contribution in [0.5, 0.6) is 0 Å². The molecule has 0 aliphatic carbocycles. The van der Waals surface area contributed by atoms with Crippen molar-refractivity contribution >= 4 is 23.0 Å². The average molecular weight is 271 g/mol. The lowest BCUT2D eigenvalue weighted by Crippen LogP contribution is -2.31. The number of ether oxygens (including phenoxy) is 2. The maximum absolute atomic E-state index is 11.8. The number of hydrogen-bond donors (Lipinski definition) is 0. The highest BCUT2D eigenvalue weighted by Crippen LogP contribution is 2.19. The van der Waals surface area contributed by atoms with Crippen molar-refractivity contribution in [2.75, 3.05) is 6.61 Å². The summed E-state index contributed by atoms with van der Waals surface area (Å²) in [5.74, 6) is -0.440. The first-order chi connectivity index (χ1) is 8.42. The van der Waals surface area contributed by atoms with Crippen molar-refractivity contribution in [2.45, 2.75) is 20.5 Å². The van der Waals surface area contributed by atoms with Gasteiger partial charge in [0.2, 0.25) is 0 Å². The number of esters is 1. The van der Waals surface area contributed by atoms with E-state index in [0.29, 0.717) is 0 Å². The fourth-order valence-corrected chi connectivity index (χ4v) is 1.27. The van der Waals surface area contributed by atoms with Gasteiger partial charge in [-0.15, -0.1) is 0 Å². The van der Waals surface area contributed by atoms with Crippen molar-refractivity contribution in [3.05, 3.63) is 35.9 Å². The first-order valence-corrected chi connectivity index (χ1v) is 5.83. The molecule has 0 fully saturated rings. The van der Waals surface area contributed by atoms with Crippen LogP contribution >= 0.6 is 11.6 Å².